The molecule has 1 N–H and O–H groups in total. The third kappa shape index (κ3) is 3.70. The van der Waals surface area contributed by atoms with E-state index < -0.39 is 0 Å². The van der Waals surface area contributed by atoms with Crippen LogP contribution in [-0.2, 0) is 11.3 Å². The number of methoxy groups -OCH3 is 1. The first-order valence-corrected chi connectivity index (χ1v) is 8.52. The predicted octanol–water partition coefficient (Wildman–Crippen LogP) is 1.36. The number of hydrogen-bond acceptors (Lipinski definition) is 6. The van der Waals surface area contributed by atoms with Gasteiger partial charge in [-0.25, -0.2) is 4.68 Å². The first-order valence-electron chi connectivity index (χ1n) is 8.52. The van der Waals surface area contributed by atoms with Crippen LogP contribution in [0.1, 0.15) is 17.3 Å². The summed E-state index contributed by atoms with van der Waals surface area (Å²) >= 11 is 0. The van der Waals surface area contributed by atoms with Gasteiger partial charge in [-0.15, -0.1) is 0 Å². The molecular formula is C18H22N4O4. The smallest absolute Gasteiger partial charge is 0.292 e. The van der Waals surface area contributed by atoms with Gasteiger partial charge in [0.1, 0.15) is 11.4 Å². The minimum Gasteiger partial charge on any atom is -0.497 e. The number of benzene rings is 1. The van der Waals surface area contributed by atoms with Crippen molar-refractivity contribution in [3.63, 3.8) is 0 Å². The van der Waals surface area contributed by atoms with Crippen LogP contribution in [0.15, 0.2) is 35.3 Å². The largest absolute Gasteiger partial charge is 0.497 e. The van der Waals surface area contributed by atoms with Crippen molar-refractivity contribution in [2.75, 3.05) is 43.6 Å². The monoisotopic (exact) mass is 358 g/mol. The van der Waals surface area contributed by atoms with Gasteiger partial charge in [0, 0.05) is 25.2 Å². The molecule has 0 spiro atoms. The molecule has 0 atom stereocenters. The van der Waals surface area contributed by atoms with Crippen molar-refractivity contribution in [1.29, 1.82) is 0 Å². The first kappa shape index (κ1) is 17.9. The van der Waals surface area contributed by atoms with Crippen LogP contribution in [0.3, 0.4) is 0 Å². The van der Waals surface area contributed by atoms with Gasteiger partial charge in [-0.05, 0) is 25.1 Å². The lowest BCUT2D eigenvalue weighted by Gasteiger charge is -2.29. The van der Waals surface area contributed by atoms with E-state index in [-0.39, 0.29) is 11.5 Å². The highest BCUT2D eigenvalue weighted by atomic mass is 16.5. The summed E-state index contributed by atoms with van der Waals surface area (Å²) in [5, 5.41) is 6.95. The number of carbonyl (C=O) groups is 1. The molecule has 1 aromatic heterocycles. The summed E-state index contributed by atoms with van der Waals surface area (Å²) < 4.78 is 11.9. The van der Waals surface area contributed by atoms with Crippen molar-refractivity contribution in [2.24, 2.45) is 0 Å². The number of rotatable bonds is 5. The first-order chi connectivity index (χ1) is 12.6. The van der Waals surface area contributed by atoms with Crippen LogP contribution in [0, 0.1) is 0 Å². The predicted molar refractivity (Wildman–Crippen MR) is 98.2 cm³/mol. The lowest BCUT2D eigenvalue weighted by atomic mass is 10.2. The van der Waals surface area contributed by atoms with Crippen LogP contribution in [0.2, 0.25) is 0 Å². The molecule has 1 aliphatic rings. The molecule has 1 saturated heterocycles. The minimum atomic E-state index is -0.325. The molecule has 26 heavy (non-hydrogen) atoms. The molecule has 0 bridgehead atoms. The van der Waals surface area contributed by atoms with E-state index in [1.807, 2.05) is 11.8 Å². The zero-order valence-corrected chi connectivity index (χ0v) is 14.9. The number of aryl methyl sites for hydroxylation is 1. The Morgan fingerprint density at radius 3 is 2.81 bits per heavy atom. The van der Waals surface area contributed by atoms with E-state index in [0.29, 0.717) is 55.5 Å². The van der Waals surface area contributed by atoms with E-state index in [1.54, 1.807) is 31.4 Å². The molecule has 1 aliphatic heterocycles. The van der Waals surface area contributed by atoms with Gasteiger partial charge >= 0.3 is 0 Å². The Labute approximate surface area is 151 Å². The fraction of sp³-hybridized carbons (Fsp3) is 0.389. The van der Waals surface area contributed by atoms with Crippen molar-refractivity contribution >= 4 is 17.3 Å². The lowest BCUT2D eigenvalue weighted by Crippen LogP contribution is -2.41. The van der Waals surface area contributed by atoms with Crippen molar-refractivity contribution in [1.82, 2.24) is 9.78 Å². The molecule has 0 radical (unpaired) electrons. The van der Waals surface area contributed by atoms with Crippen LogP contribution < -0.4 is 20.5 Å². The van der Waals surface area contributed by atoms with Crippen molar-refractivity contribution in [3.05, 3.63) is 46.4 Å². The Bertz CT molecular complexity index is 843. The van der Waals surface area contributed by atoms with Gasteiger partial charge in [-0.3, -0.25) is 9.59 Å². The van der Waals surface area contributed by atoms with Gasteiger partial charge in [-0.1, -0.05) is 6.07 Å². The highest BCUT2D eigenvalue weighted by molar-refractivity contribution is 6.06. The summed E-state index contributed by atoms with van der Waals surface area (Å²) in [4.78, 5) is 27.4. The van der Waals surface area contributed by atoms with Gasteiger partial charge in [0.15, 0.2) is 0 Å². The molecule has 3 rings (SSSR count). The zero-order valence-electron chi connectivity index (χ0n) is 14.9. The summed E-state index contributed by atoms with van der Waals surface area (Å²) in [7, 11) is 1.54. The second-order valence-electron chi connectivity index (χ2n) is 5.81. The Morgan fingerprint density at radius 2 is 2.12 bits per heavy atom. The molecule has 0 saturated carbocycles. The average Bonchev–Trinajstić information content (AvgIpc) is 2.69. The van der Waals surface area contributed by atoms with Gasteiger partial charge in [0.25, 0.3) is 11.5 Å². The third-order valence-corrected chi connectivity index (χ3v) is 4.23. The number of nitrogens with zero attached hydrogens (tertiary/aromatic N) is 3. The number of hydrogen-bond donors (Lipinski definition) is 1. The lowest BCUT2D eigenvalue weighted by molar-refractivity contribution is 0.102. The molecule has 0 unspecified atom stereocenters. The Morgan fingerprint density at radius 1 is 1.35 bits per heavy atom. The van der Waals surface area contributed by atoms with Crippen LogP contribution >= 0.6 is 0 Å². The molecule has 2 aromatic rings. The van der Waals surface area contributed by atoms with E-state index in [1.165, 1.54) is 10.9 Å². The summed E-state index contributed by atoms with van der Waals surface area (Å²) in [6.45, 7) is 4.57. The van der Waals surface area contributed by atoms with Crippen molar-refractivity contribution in [3.8, 4) is 5.75 Å². The van der Waals surface area contributed by atoms with E-state index in [0.717, 1.165) is 0 Å². The van der Waals surface area contributed by atoms with E-state index >= 15 is 0 Å². The van der Waals surface area contributed by atoms with Crippen molar-refractivity contribution in [2.45, 2.75) is 13.5 Å². The maximum Gasteiger partial charge on any atom is 0.292 e. The maximum atomic E-state index is 12.8. The third-order valence-electron chi connectivity index (χ3n) is 4.23. The molecule has 8 heteroatoms. The normalized spacial score (nSPS) is 14.2. The molecule has 1 aromatic carbocycles. The fourth-order valence-corrected chi connectivity index (χ4v) is 2.85. The zero-order chi connectivity index (χ0) is 18.5. The van der Waals surface area contributed by atoms with E-state index in [2.05, 4.69) is 10.4 Å². The SMILES string of the molecule is CCn1ncc(NC(=O)c2cccc(OC)c2)c(N2CCOCC2)c1=O. The number of morpholine rings is 1. The molecule has 0 aliphatic carbocycles. The highest BCUT2D eigenvalue weighted by Gasteiger charge is 2.22. The average molecular weight is 358 g/mol. The van der Waals surface area contributed by atoms with Gasteiger partial charge in [0.2, 0.25) is 0 Å². The Balaban J connectivity index is 1.94. The number of aromatic nitrogens is 2. The Kier molecular flexibility index (Phi) is 5.52. The number of amides is 1. The molecule has 1 amide bonds. The van der Waals surface area contributed by atoms with Gasteiger partial charge < -0.3 is 19.7 Å². The molecular weight excluding hydrogens is 336 g/mol. The second kappa shape index (κ2) is 8.01. The number of nitrogens with one attached hydrogen (secondary N) is 1. The topological polar surface area (TPSA) is 85.7 Å². The maximum absolute atomic E-state index is 12.8. The number of ether oxygens (including phenoxy) is 2. The summed E-state index contributed by atoms with van der Waals surface area (Å²) in [6, 6.07) is 6.83. The minimum absolute atomic E-state index is 0.224. The molecule has 138 valence electrons. The standard InChI is InChI=1S/C18H22N4O4/c1-3-22-18(24)16(21-7-9-26-10-8-21)15(12-19-22)20-17(23)13-5-4-6-14(11-13)25-2/h4-6,11-12H,3,7-10H2,1-2H3,(H,20,23). The molecule has 8 nitrogen and oxygen atoms in total. The highest BCUT2D eigenvalue weighted by Crippen LogP contribution is 2.23. The van der Waals surface area contributed by atoms with Gasteiger partial charge in [0.05, 0.1) is 32.2 Å². The Hall–Kier alpha value is -2.87. The fourth-order valence-electron chi connectivity index (χ4n) is 2.85. The molecule has 1 fully saturated rings. The van der Waals surface area contributed by atoms with Gasteiger partial charge in [-0.2, -0.15) is 5.10 Å². The summed E-state index contributed by atoms with van der Waals surface area (Å²) in [5.41, 5.74) is 1.06. The van der Waals surface area contributed by atoms with Crippen molar-refractivity contribution < 1.29 is 14.3 Å². The summed E-state index contributed by atoms with van der Waals surface area (Å²) in [5.74, 6) is 0.263. The van der Waals surface area contributed by atoms with E-state index in [9.17, 15) is 9.59 Å². The molecule has 2 heterocycles. The quantitative estimate of drug-likeness (QED) is 0.869. The summed E-state index contributed by atoms with van der Waals surface area (Å²) in [6.07, 6.45) is 1.52. The van der Waals surface area contributed by atoms with Crippen LogP contribution in [0.25, 0.3) is 0 Å². The van der Waals surface area contributed by atoms with E-state index in [4.69, 9.17) is 9.47 Å². The number of anilines is 2. The van der Waals surface area contributed by atoms with Crippen LogP contribution in [0.5, 0.6) is 5.75 Å². The number of carbonyl (C=O) groups excluding carboxylic acids is 1. The van der Waals surface area contributed by atoms with Crippen LogP contribution in [-0.4, -0.2) is 49.1 Å². The second-order valence-corrected chi connectivity index (χ2v) is 5.81. The van der Waals surface area contributed by atoms with Crippen LogP contribution in [0.4, 0.5) is 11.4 Å².